The predicted molar refractivity (Wildman–Crippen MR) is 120 cm³/mol. The number of piperidine rings is 1. The molecule has 0 aliphatic carbocycles. The Balaban J connectivity index is 1.57. The van der Waals surface area contributed by atoms with Gasteiger partial charge in [-0.25, -0.2) is 10.2 Å². The number of carbonyl (C=O) groups excluding carboxylic acids is 2. The van der Waals surface area contributed by atoms with Crippen molar-refractivity contribution in [2.75, 3.05) is 32.1 Å². The summed E-state index contributed by atoms with van der Waals surface area (Å²) in [5.41, 5.74) is 6.46. The van der Waals surface area contributed by atoms with E-state index in [2.05, 4.69) is 33.6 Å². The van der Waals surface area contributed by atoms with Crippen molar-refractivity contribution >= 4 is 23.9 Å². The van der Waals surface area contributed by atoms with Gasteiger partial charge in [-0.1, -0.05) is 36.4 Å². The fraction of sp³-hybridized carbons (Fsp3) is 0.292. The fourth-order valence-corrected chi connectivity index (χ4v) is 4.61. The molecule has 160 valence electrons. The molecule has 0 bridgehead atoms. The molecule has 2 aromatic carbocycles. The zero-order valence-electron chi connectivity index (χ0n) is 17.7. The van der Waals surface area contributed by atoms with Crippen molar-refractivity contribution in [2.45, 2.75) is 18.3 Å². The molecule has 31 heavy (non-hydrogen) atoms. The fourth-order valence-electron chi connectivity index (χ4n) is 4.61. The lowest BCUT2D eigenvalue weighted by Crippen LogP contribution is -2.46. The summed E-state index contributed by atoms with van der Waals surface area (Å²) < 4.78 is 4.90. The van der Waals surface area contributed by atoms with E-state index >= 15 is 0 Å². The SMILES string of the molecule is COC(=O)N1CCC2(CC1)/C(=C/C=N/NC(=O)c1ccccc1)N(C)c1ccccc12. The molecule has 0 saturated carbocycles. The van der Waals surface area contributed by atoms with Gasteiger partial charge in [0.15, 0.2) is 0 Å². The molecule has 2 amide bonds. The van der Waals surface area contributed by atoms with Gasteiger partial charge in [-0.15, -0.1) is 0 Å². The molecule has 1 fully saturated rings. The standard InChI is InChI=1S/C24H26N4O3/c1-27-20-11-7-6-10-19(20)24(13-16-28(17-14-24)23(30)31-2)21(27)12-15-25-26-22(29)18-8-4-3-5-9-18/h3-12,15H,13-14,16-17H2,1-2H3,(H,26,29)/b21-12-,25-15+. The highest BCUT2D eigenvalue weighted by Crippen LogP contribution is 2.52. The molecule has 2 aliphatic rings. The Labute approximate surface area is 182 Å². The number of para-hydroxylation sites is 1. The summed E-state index contributed by atoms with van der Waals surface area (Å²) in [6.07, 6.45) is 4.88. The molecule has 7 nitrogen and oxygen atoms in total. The molecule has 2 aliphatic heterocycles. The van der Waals surface area contributed by atoms with Gasteiger partial charge in [0, 0.05) is 48.7 Å². The van der Waals surface area contributed by atoms with Crippen LogP contribution in [0.25, 0.3) is 0 Å². The van der Waals surface area contributed by atoms with Gasteiger partial charge >= 0.3 is 6.09 Å². The van der Waals surface area contributed by atoms with E-state index in [0.29, 0.717) is 18.7 Å². The second-order valence-corrected chi connectivity index (χ2v) is 7.75. The molecule has 4 rings (SSSR count). The molecule has 1 N–H and O–H groups in total. The van der Waals surface area contributed by atoms with Gasteiger partial charge in [-0.05, 0) is 42.7 Å². The van der Waals surface area contributed by atoms with Crippen molar-refractivity contribution < 1.29 is 14.3 Å². The van der Waals surface area contributed by atoms with Crippen molar-refractivity contribution in [3.63, 3.8) is 0 Å². The first-order valence-corrected chi connectivity index (χ1v) is 10.3. The van der Waals surface area contributed by atoms with Crippen LogP contribution in [0.4, 0.5) is 10.5 Å². The first-order chi connectivity index (χ1) is 15.1. The van der Waals surface area contributed by atoms with Gasteiger partial charge in [0.05, 0.1) is 7.11 Å². The van der Waals surface area contributed by atoms with Crippen LogP contribution >= 0.6 is 0 Å². The van der Waals surface area contributed by atoms with Crippen molar-refractivity contribution in [3.05, 3.63) is 77.5 Å². The van der Waals surface area contributed by atoms with Crippen molar-refractivity contribution in [1.29, 1.82) is 0 Å². The van der Waals surface area contributed by atoms with Crippen molar-refractivity contribution in [3.8, 4) is 0 Å². The highest BCUT2D eigenvalue weighted by atomic mass is 16.5. The van der Waals surface area contributed by atoms with Crippen LogP contribution in [0.15, 0.2) is 71.5 Å². The number of fused-ring (bicyclic) bond motifs is 2. The van der Waals surface area contributed by atoms with Crippen LogP contribution in [0.1, 0.15) is 28.8 Å². The third-order valence-electron chi connectivity index (χ3n) is 6.19. The average Bonchev–Trinajstić information content (AvgIpc) is 3.05. The van der Waals surface area contributed by atoms with E-state index in [1.54, 1.807) is 23.2 Å². The Morgan fingerprint density at radius 3 is 2.45 bits per heavy atom. The second kappa shape index (κ2) is 8.63. The van der Waals surface area contributed by atoms with Gasteiger partial charge < -0.3 is 14.5 Å². The molecular formula is C24H26N4O3. The maximum absolute atomic E-state index is 12.2. The van der Waals surface area contributed by atoms with Gasteiger partial charge in [0.25, 0.3) is 5.91 Å². The highest BCUT2D eigenvalue weighted by molar-refractivity contribution is 5.94. The molecule has 0 aromatic heterocycles. The van der Waals surface area contributed by atoms with Crippen LogP contribution in [0.2, 0.25) is 0 Å². The maximum atomic E-state index is 12.2. The number of allylic oxidation sites excluding steroid dienone is 2. The van der Waals surface area contributed by atoms with Gasteiger partial charge in [-0.3, -0.25) is 4.79 Å². The smallest absolute Gasteiger partial charge is 0.409 e. The molecule has 0 atom stereocenters. The number of likely N-dealkylation sites (N-methyl/N-ethyl adjacent to an activating group) is 1. The number of anilines is 1. The zero-order chi connectivity index (χ0) is 21.8. The highest BCUT2D eigenvalue weighted by Gasteiger charge is 2.48. The largest absolute Gasteiger partial charge is 0.453 e. The number of hydrazone groups is 1. The zero-order valence-corrected chi connectivity index (χ0v) is 17.7. The minimum absolute atomic E-state index is 0.203. The molecule has 1 saturated heterocycles. The third-order valence-corrected chi connectivity index (χ3v) is 6.19. The number of benzene rings is 2. The number of likely N-dealkylation sites (tertiary alicyclic amines) is 1. The number of carbonyl (C=O) groups is 2. The molecule has 2 aromatic rings. The number of rotatable bonds is 3. The Bertz CT molecular complexity index is 1020. The molecule has 0 radical (unpaired) electrons. The average molecular weight is 418 g/mol. The summed E-state index contributed by atoms with van der Waals surface area (Å²) in [6.45, 7) is 1.24. The van der Waals surface area contributed by atoms with E-state index < -0.39 is 0 Å². The van der Waals surface area contributed by atoms with Crippen LogP contribution in [0.5, 0.6) is 0 Å². The lowest BCUT2D eigenvalue weighted by Gasteiger charge is -2.40. The molecule has 2 heterocycles. The summed E-state index contributed by atoms with van der Waals surface area (Å²) in [4.78, 5) is 28.1. The summed E-state index contributed by atoms with van der Waals surface area (Å²) >= 11 is 0. The number of ether oxygens (including phenoxy) is 1. The summed E-state index contributed by atoms with van der Waals surface area (Å²) in [6, 6.07) is 17.3. The predicted octanol–water partition coefficient (Wildman–Crippen LogP) is 3.54. The van der Waals surface area contributed by atoms with Gasteiger partial charge in [0.2, 0.25) is 0 Å². The molecule has 0 unspecified atom stereocenters. The topological polar surface area (TPSA) is 74.2 Å². The van der Waals surface area contributed by atoms with E-state index in [4.69, 9.17) is 4.74 Å². The van der Waals surface area contributed by atoms with E-state index in [-0.39, 0.29) is 17.4 Å². The van der Waals surface area contributed by atoms with Crippen LogP contribution < -0.4 is 10.3 Å². The molecule has 7 heteroatoms. The number of hydrogen-bond donors (Lipinski definition) is 1. The Morgan fingerprint density at radius 2 is 1.74 bits per heavy atom. The van der Waals surface area contributed by atoms with E-state index in [1.165, 1.54) is 12.7 Å². The van der Waals surface area contributed by atoms with Crippen LogP contribution in [0, 0.1) is 0 Å². The van der Waals surface area contributed by atoms with E-state index in [0.717, 1.165) is 24.2 Å². The van der Waals surface area contributed by atoms with Gasteiger partial charge in [-0.2, -0.15) is 5.10 Å². The lowest BCUT2D eigenvalue weighted by molar-refractivity contribution is 0.0954. The van der Waals surface area contributed by atoms with Crippen molar-refractivity contribution in [1.82, 2.24) is 10.3 Å². The second-order valence-electron chi connectivity index (χ2n) is 7.75. The summed E-state index contributed by atoms with van der Waals surface area (Å²) in [7, 11) is 3.46. The minimum Gasteiger partial charge on any atom is -0.453 e. The Morgan fingerprint density at radius 1 is 1.06 bits per heavy atom. The van der Waals surface area contributed by atoms with Crippen LogP contribution in [-0.2, 0) is 10.2 Å². The normalized spacial score (nSPS) is 18.5. The monoisotopic (exact) mass is 418 g/mol. The number of nitrogens with zero attached hydrogens (tertiary/aromatic N) is 3. The lowest BCUT2D eigenvalue weighted by atomic mass is 9.72. The first kappa shape index (κ1) is 20.7. The molecule has 1 spiro atoms. The van der Waals surface area contributed by atoms with Crippen LogP contribution in [-0.4, -0.2) is 50.4 Å². The van der Waals surface area contributed by atoms with Crippen molar-refractivity contribution in [2.24, 2.45) is 5.10 Å². The van der Waals surface area contributed by atoms with Gasteiger partial charge in [0.1, 0.15) is 0 Å². The summed E-state index contributed by atoms with van der Waals surface area (Å²) in [5.74, 6) is -0.251. The minimum atomic E-state index is -0.287. The Kier molecular flexibility index (Phi) is 5.75. The number of methoxy groups -OCH3 is 1. The quantitative estimate of drug-likeness (QED) is 0.611. The van der Waals surface area contributed by atoms with E-state index in [1.807, 2.05) is 37.4 Å². The molecular weight excluding hydrogens is 392 g/mol. The number of amides is 2. The maximum Gasteiger partial charge on any atom is 0.409 e. The third kappa shape index (κ3) is 3.79. The Hall–Kier alpha value is -3.61. The number of hydrogen-bond acceptors (Lipinski definition) is 5. The van der Waals surface area contributed by atoms with E-state index in [9.17, 15) is 9.59 Å². The summed E-state index contributed by atoms with van der Waals surface area (Å²) in [5, 5.41) is 4.13. The number of nitrogens with one attached hydrogen (secondary N) is 1. The first-order valence-electron chi connectivity index (χ1n) is 10.3. The van der Waals surface area contributed by atoms with Crippen LogP contribution in [0.3, 0.4) is 0 Å².